The molecule has 1 rings (SSSR count). The standard InChI is InChI=1S/C6H7N3.C2H6/c1-4-5(2)8-9-6(4)3-7;1-2/h1-2H3,(H,8,9);1-2H3. The van der Waals surface area contributed by atoms with E-state index < -0.39 is 0 Å². The number of nitrogens with one attached hydrogen (secondary N) is 1. The van der Waals surface area contributed by atoms with E-state index in [1.165, 1.54) is 0 Å². The molecule has 0 radical (unpaired) electrons. The molecule has 0 fully saturated rings. The summed E-state index contributed by atoms with van der Waals surface area (Å²) in [5, 5.41) is 14.9. The van der Waals surface area contributed by atoms with Crippen molar-refractivity contribution >= 4 is 0 Å². The van der Waals surface area contributed by atoms with Gasteiger partial charge in [0.25, 0.3) is 0 Å². The van der Waals surface area contributed by atoms with E-state index in [-0.39, 0.29) is 0 Å². The third kappa shape index (κ3) is 2.08. The molecule has 3 heteroatoms. The minimum atomic E-state index is 0.493. The molecule has 11 heavy (non-hydrogen) atoms. The fourth-order valence-corrected chi connectivity index (χ4v) is 0.594. The highest BCUT2D eigenvalue weighted by Crippen LogP contribution is 2.05. The van der Waals surface area contributed by atoms with Crippen LogP contribution in [0.1, 0.15) is 30.8 Å². The first-order chi connectivity index (χ1) is 5.25. The summed E-state index contributed by atoms with van der Waals surface area (Å²) in [7, 11) is 0. The molecule has 0 aliphatic rings. The molecule has 0 aromatic carbocycles. The molecule has 0 spiro atoms. The van der Waals surface area contributed by atoms with Crippen LogP contribution < -0.4 is 0 Å². The van der Waals surface area contributed by atoms with Gasteiger partial charge >= 0.3 is 0 Å². The molecule has 1 N–H and O–H groups in total. The zero-order chi connectivity index (χ0) is 8.85. The van der Waals surface area contributed by atoms with Crippen LogP contribution in [0.4, 0.5) is 0 Å². The second-order valence-electron chi connectivity index (χ2n) is 1.93. The van der Waals surface area contributed by atoms with Crippen LogP contribution in [0.5, 0.6) is 0 Å². The molecule has 3 nitrogen and oxygen atoms in total. The van der Waals surface area contributed by atoms with Crippen LogP contribution in [0.15, 0.2) is 0 Å². The van der Waals surface area contributed by atoms with E-state index in [4.69, 9.17) is 5.26 Å². The first-order valence-corrected chi connectivity index (χ1v) is 3.67. The molecule has 0 aliphatic carbocycles. The van der Waals surface area contributed by atoms with Gasteiger partial charge in [-0.25, -0.2) is 0 Å². The van der Waals surface area contributed by atoms with E-state index in [0.717, 1.165) is 11.3 Å². The van der Waals surface area contributed by atoms with Crippen molar-refractivity contribution in [2.75, 3.05) is 0 Å². The quantitative estimate of drug-likeness (QED) is 0.616. The summed E-state index contributed by atoms with van der Waals surface area (Å²) in [6.45, 7) is 7.76. The summed E-state index contributed by atoms with van der Waals surface area (Å²) in [4.78, 5) is 0. The SMILES string of the molecule is CC.Cc1[nH]nc(C#N)c1C. The van der Waals surface area contributed by atoms with Gasteiger partial charge in [-0.2, -0.15) is 10.4 Å². The summed E-state index contributed by atoms with van der Waals surface area (Å²) >= 11 is 0. The predicted octanol–water partition coefficient (Wildman–Crippen LogP) is 1.92. The Bertz CT molecular complexity index is 255. The fraction of sp³-hybridized carbons (Fsp3) is 0.500. The van der Waals surface area contributed by atoms with Crippen LogP contribution >= 0.6 is 0 Å². The van der Waals surface area contributed by atoms with Crippen LogP contribution in [0.2, 0.25) is 0 Å². The summed E-state index contributed by atoms with van der Waals surface area (Å²) in [6, 6.07) is 1.97. The van der Waals surface area contributed by atoms with Gasteiger partial charge < -0.3 is 0 Å². The molecule has 0 amide bonds. The van der Waals surface area contributed by atoms with E-state index in [0.29, 0.717) is 5.69 Å². The first-order valence-electron chi connectivity index (χ1n) is 3.67. The van der Waals surface area contributed by atoms with E-state index in [9.17, 15) is 0 Å². The molecule has 0 aliphatic heterocycles. The molecule has 1 aromatic heterocycles. The number of hydrogen-bond acceptors (Lipinski definition) is 2. The first kappa shape index (κ1) is 9.70. The van der Waals surface area contributed by atoms with Crippen LogP contribution in [-0.2, 0) is 0 Å². The molecule has 1 heterocycles. The molecule has 0 atom stereocenters. The fourth-order valence-electron chi connectivity index (χ4n) is 0.594. The Hall–Kier alpha value is -1.30. The van der Waals surface area contributed by atoms with Crippen molar-refractivity contribution in [1.29, 1.82) is 5.26 Å². The van der Waals surface area contributed by atoms with Crippen molar-refractivity contribution in [2.24, 2.45) is 0 Å². The number of aromatic nitrogens is 2. The summed E-state index contributed by atoms with van der Waals surface area (Å²) in [5.41, 5.74) is 2.40. The Kier molecular flexibility index (Phi) is 3.97. The highest BCUT2D eigenvalue weighted by Gasteiger charge is 2.01. The number of nitriles is 1. The highest BCUT2D eigenvalue weighted by molar-refractivity contribution is 5.31. The minimum absolute atomic E-state index is 0.493. The van der Waals surface area contributed by atoms with Gasteiger partial charge in [-0.3, -0.25) is 5.10 Å². The zero-order valence-corrected chi connectivity index (χ0v) is 7.39. The van der Waals surface area contributed by atoms with Crippen molar-refractivity contribution < 1.29 is 0 Å². The molecular weight excluding hydrogens is 138 g/mol. The third-order valence-electron chi connectivity index (χ3n) is 1.36. The van der Waals surface area contributed by atoms with Crippen molar-refractivity contribution in [3.05, 3.63) is 17.0 Å². The molecule has 0 unspecified atom stereocenters. The van der Waals surface area contributed by atoms with E-state index in [1.807, 2.05) is 33.8 Å². The van der Waals surface area contributed by atoms with Gasteiger partial charge in [-0.15, -0.1) is 0 Å². The predicted molar refractivity (Wildman–Crippen MR) is 44.1 cm³/mol. The monoisotopic (exact) mass is 151 g/mol. The Balaban J connectivity index is 0.000000461. The summed E-state index contributed by atoms with van der Waals surface area (Å²) < 4.78 is 0. The van der Waals surface area contributed by atoms with Crippen molar-refractivity contribution in [2.45, 2.75) is 27.7 Å². The summed E-state index contributed by atoms with van der Waals surface area (Å²) in [5.74, 6) is 0. The second kappa shape index (κ2) is 4.51. The summed E-state index contributed by atoms with van der Waals surface area (Å²) in [6.07, 6.45) is 0. The van der Waals surface area contributed by atoms with Crippen LogP contribution in [0.3, 0.4) is 0 Å². The van der Waals surface area contributed by atoms with Gasteiger partial charge in [0.05, 0.1) is 0 Å². The van der Waals surface area contributed by atoms with Gasteiger partial charge in [0, 0.05) is 11.3 Å². The van der Waals surface area contributed by atoms with Crippen molar-refractivity contribution in [3.8, 4) is 6.07 Å². The van der Waals surface area contributed by atoms with E-state index in [1.54, 1.807) is 0 Å². The Morgan fingerprint density at radius 3 is 2.09 bits per heavy atom. The Morgan fingerprint density at radius 2 is 1.91 bits per heavy atom. The van der Waals surface area contributed by atoms with E-state index >= 15 is 0 Å². The molecule has 0 saturated carbocycles. The number of hydrogen-bond donors (Lipinski definition) is 1. The number of rotatable bonds is 0. The van der Waals surface area contributed by atoms with Gasteiger partial charge in [0.2, 0.25) is 0 Å². The number of aromatic amines is 1. The van der Waals surface area contributed by atoms with Crippen molar-refractivity contribution in [1.82, 2.24) is 10.2 Å². The number of aryl methyl sites for hydroxylation is 1. The molecular formula is C8H13N3. The topological polar surface area (TPSA) is 52.5 Å². The van der Waals surface area contributed by atoms with Crippen LogP contribution in [0.25, 0.3) is 0 Å². The Labute approximate surface area is 67.1 Å². The lowest BCUT2D eigenvalue weighted by Crippen LogP contribution is -1.75. The average Bonchev–Trinajstić information content (AvgIpc) is 2.37. The molecule has 60 valence electrons. The lowest BCUT2D eigenvalue weighted by Gasteiger charge is -1.81. The largest absolute Gasteiger partial charge is 0.281 e. The van der Waals surface area contributed by atoms with Gasteiger partial charge in [0.15, 0.2) is 5.69 Å². The lowest BCUT2D eigenvalue weighted by atomic mass is 10.2. The smallest absolute Gasteiger partial charge is 0.165 e. The van der Waals surface area contributed by atoms with Gasteiger partial charge in [0.1, 0.15) is 6.07 Å². The highest BCUT2D eigenvalue weighted by atomic mass is 15.1. The lowest BCUT2D eigenvalue weighted by molar-refractivity contribution is 1.03. The second-order valence-corrected chi connectivity index (χ2v) is 1.93. The van der Waals surface area contributed by atoms with Crippen molar-refractivity contribution in [3.63, 3.8) is 0 Å². The van der Waals surface area contributed by atoms with Crippen LogP contribution in [-0.4, -0.2) is 10.2 Å². The third-order valence-corrected chi connectivity index (χ3v) is 1.36. The van der Waals surface area contributed by atoms with Gasteiger partial charge in [-0.05, 0) is 13.8 Å². The number of nitrogens with zero attached hydrogens (tertiary/aromatic N) is 2. The normalized spacial score (nSPS) is 7.91. The maximum atomic E-state index is 8.40. The molecule has 0 bridgehead atoms. The van der Waals surface area contributed by atoms with E-state index in [2.05, 4.69) is 10.2 Å². The maximum Gasteiger partial charge on any atom is 0.165 e. The molecule has 0 saturated heterocycles. The van der Waals surface area contributed by atoms with Gasteiger partial charge in [-0.1, -0.05) is 13.8 Å². The minimum Gasteiger partial charge on any atom is -0.281 e. The Morgan fingerprint density at radius 1 is 1.36 bits per heavy atom. The maximum absolute atomic E-state index is 8.40. The number of H-pyrrole nitrogens is 1. The molecule has 1 aromatic rings. The van der Waals surface area contributed by atoms with Crippen LogP contribution in [0, 0.1) is 25.2 Å². The average molecular weight is 151 g/mol. The zero-order valence-electron chi connectivity index (χ0n) is 7.39.